The summed E-state index contributed by atoms with van der Waals surface area (Å²) in [7, 11) is 1.63. The van der Waals surface area contributed by atoms with Gasteiger partial charge in [0, 0.05) is 25.7 Å². The van der Waals surface area contributed by atoms with E-state index in [0.29, 0.717) is 19.4 Å². The van der Waals surface area contributed by atoms with E-state index < -0.39 is 6.10 Å². The van der Waals surface area contributed by atoms with Crippen molar-refractivity contribution in [2.45, 2.75) is 154 Å². The second kappa shape index (κ2) is 27.4. The average Bonchev–Trinajstić information content (AvgIpc) is 3.05. The van der Waals surface area contributed by atoms with Gasteiger partial charge in [-0.2, -0.15) is 0 Å². The smallest absolute Gasteiger partial charge is 0.306 e. The molecule has 0 radical (unpaired) electrons. The fraction of sp³-hybridized carbons (Fsp3) is 0.692. The van der Waals surface area contributed by atoms with Gasteiger partial charge in [0.15, 0.2) is 6.10 Å². The van der Waals surface area contributed by atoms with Crippen LogP contribution in [-0.2, 0) is 30.4 Å². The van der Waals surface area contributed by atoms with E-state index in [4.69, 9.17) is 18.9 Å². The predicted octanol–water partition coefficient (Wildman–Crippen LogP) is 9.27. The van der Waals surface area contributed by atoms with Gasteiger partial charge in [-0.05, 0) is 55.2 Å². The van der Waals surface area contributed by atoms with Gasteiger partial charge in [-0.3, -0.25) is 9.59 Å². The fourth-order valence-corrected chi connectivity index (χ4v) is 5.30. The first-order chi connectivity index (χ1) is 22.2. The molecule has 1 heterocycles. The summed E-state index contributed by atoms with van der Waals surface area (Å²) in [5.74, 6) is 12.7. The average molecular weight is 623 g/mol. The molecule has 1 aromatic carbocycles. The molecule has 0 N–H and O–H groups in total. The second-order valence-electron chi connectivity index (χ2n) is 12.1. The second-order valence-corrected chi connectivity index (χ2v) is 12.1. The third-order valence-corrected chi connectivity index (χ3v) is 8.06. The normalized spacial score (nSPS) is 20.3. The largest absolute Gasteiger partial charge is 0.497 e. The first-order valence-corrected chi connectivity index (χ1v) is 17.7. The molecule has 1 unspecified atom stereocenters. The van der Waals surface area contributed by atoms with Crippen LogP contribution in [0.1, 0.15) is 147 Å². The van der Waals surface area contributed by atoms with E-state index in [0.717, 1.165) is 75.5 Å². The number of benzene rings is 1. The monoisotopic (exact) mass is 622 g/mol. The van der Waals surface area contributed by atoms with E-state index in [1.807, 2.05) is 24.3 Å². The maximum atomic E-state index is 12.6. The fourth-order valence-electron chi connectivity index (χ4n) is 5.30. The molecule has 0 aliphatic carbocycles. The SMILES string of the molecule is COc1ccc(COCC2COC(=O)CCCCCCCCCCCC#CC#CCCCCCCCCCCCC(=O)O2)cc1. The molecule has 45 heavy (non-hydrogen) atoms. The van der Waals surface area contributed by atoms with Crippen LogP contribution in [-0.4, -0.2) is 38.4 Å². The maximum Gasteiger partial charge on any atom is 0.306 e. The van der Waals surface area contributed by atoms with Crippen LogP contribution >= 0.6 is 0 Å². The van der Waals surface area contributed by atoms with Crippen molar-refractivity contribution in [1.29, 1.82) is 0 Å². The summed E-state index contributed by atoms with van der Waals surface area (Å²) in [6.07, 6.45) is 22.6. The number of hydrogen-bond donors (Lipinski definition) is 0. The predicted molar refractivity (Wildman–Crippen MR) is 181 cm³/mol. The minimum Gasteiger partial charge on any atom is -0.497 e. The van der Waals surface area contributed by atoms with Gasteiger partial charge in [0.2, 0.25) is 0 Å². The van der Waals surface area contributed by atoms with Crippen molar-refractivity contribution in [3.8, 4) is 29.4 Å². The topological polar surface area (TPSA) is 71.1 Å². The van der Waals surface area contributed by atoms with Crippen molar-refractivity contribution >= 4 is 11.9 Å². The molecule has 6 heteroatoms. The number of methoxy groups -OCH3 is 1. The van der Waals surface area contributed by atoms with E-state index in [2.05, 4.69) is 23.7 Å². The Bertz CT molecular complexity index is 1030. The lowest BCUT2D eigenvalue weighted by molar-refractivity contribution is -0.163. The van der Waals surface area contributed by atoms with Gasteiger partial charge in [-0.1, -0.05) is 114 Å². The van der Waals surface area contributed by atoms with E-state index in [1.165, 1.54) is 64.2 Å². The standard InChI is InChI=1S/C39H58O6/c1-42-36-30-28-35(29-31-36)32-43-33-37-34-44-38(40)26-24-22-20-18-16-14-12-10-8-6-4-2-3-5-7-9-11-13-15-17-19-21-23-25-27-39(41)45-37/h28-31,37H,6-27,32-34H2,1H3. The number of ether oxygens (including phenoxy) is 4. The molecule has 0 amide bonds. The molecule has 1 atom stereocenters. The molecule has 1 aromatic rings. The zero-order chi connectivity index (χ0) is 32.0. The Hall–Kier alpha value is -2.96. The summed E-state index contributed by atoms with van der Waals surface area (Å²) in [6, 6.07) is 7.64. The van der Waals surface area contributed by atoms with Crippen LogP contribution < -0.4 is 4.74 Å². The zero-order valence-corrected chi connectivity index (χ0v) is 28.0. The van der Waals surface area contributed by atoms with Gasteiger partial charge in [-0.25, -0.2) is 0 Å². The molecule has 0 bridgehead atoms. The Morgan fingerprint density at radius 3 is 1.62 bits per heavy atom. The Kier molecular flexibility index (Phi) is 23.2. The highest BCUT2D eigenvalue weighted by molar-refractivity contribution is 5.70. The molecule has 250 valence electrons. The van der Waals surface area contributed by atoms with Crippen molar-refractivity contribution in [3.63, 3.8) is 0 Å². The van der Waals surface area contributed by atoms with E-state index in [-0.39, 0.29) is 25.2 Å². The minimum atomic E-state index is -0.619. The molecule has 2 rings (SSSR count). The minimum absolute atomic E-state index is 0.0192. The van der Waals surface area contributed by atoms with Crippen molar-refractivity contribution in [2.75, 3.05) is 20.3 Å². The highest BCUT2D eigenvalue weighted by atomic mass is 16.6. The molecular formula is C39H58O6. The molecule has 0 spiro atoms. The summed E-state index contributed by atoms with van der Waals surface area (Å²) in [5, 5.41) is 0. The van der Waals surface area contributed by atoms with Crippen LogP contribution in [0.4, 0.5) is 0 Å². The molecular weight excluding hydrogens is 564 g/mol. The molecule has 0 saturated carbocycles. The Labute approximate surface area is 273 Å². The third kappa shape index (κ3) is 22.2. The van der Waals surface area contributed by atoms with Gasteiger partial charge in [-0.15, -0.1) is 0 Å². The van der Waals surface area contributed by atoms with Gasteiger partial charge in [0.25, 0.3) is 0 Å². The first-order valence-electron chi connectivity index (χ1n) is 17.7. The van der Waals surface area contributed by atoms with Gasteiger partial charge in [0.1, 0.15) is 12.4 Å². The summed E-state index contributed by atoms with van der Waals surface area (Å²) in [5.41, 5.74) is 0.988. The summed E-state index contributed by atoms with van der Waals surface area (Å²) < 4.78 is 22.3. The van der Waals surface area contributed by atoms with Crippen LogP contribution in [0.25, 0.3) is 0 Å². The third-order valence-electron chi connectivity index (χ3n) is 8.06. The molecule has 0 aromatic heterocycles. The molecule has 0 saturated heterocycles. The molecule has 6 nitrogen and oxygen atoms in total. The zero-order valence-electron chi connectivity index (χ0n) is 28.0. The number of esters is 2. The van der Waals surface area contributed by atoms with Crippen molar-refractivity contribution in [3.05, 3.63) is 29.8 Å². The Morgan fingerprint density at radius 1 is 0.644 bits per heavy atom. The summed E-state index contributed by atoms with van der Waals surface area (Å²) in [6.45, 7) is 0.561. The summed E-state index contributed by atoms with van der Waals surface area (Å²) in [4.78, 5) is 25.0. The van der Waals surface area contributed by atoms with E-state index in [9.17, 15) is 9.59 Å². The number of hydrogen-bond acceptors (Lipinski definition) is 6. The van der Waals surface area contributed by atoms with Gasteiger partial charge in [0.05, 0.1) is 20.3 Å². The van der Waals surface area contributed by atoms with Crippen LogP contribution in [0.2, 0.25) is 0 Å². The molecule has 1 aliphatic rings. The maximum absolute atomic E-state index is 12.6. The quantitative estimate of drug-likeness (QED) is 0.241. The molecule has 1 aliphatic heterocycles. The number of cyclic esters (lactones) is 2. The lowest BCUT2D eigenvalue weighted by Gasteiger charge is -2.18. The molecule has 0 fully saturated rings. The lowest BCUT2D eigenvalue weighted by Crippen LogP contribution is -2.29. The van der Waals surface area contributed by atoms with E-state index >= 15 is 0 Å². The van der Waals surface area contributed by atoms with Crippen molar-refractivity contribution < 1.29 is 28.5 Å². The van der Waals surface area contributed by atoms with Crippen LogP contribution in [0.5, 0.6) is 5.75 Å². The number of carbonyl (C=O) groups excluding carboxylic acids is 2. The van der Waals surface area contributed by atoms with Crippen molar-refractivity contribution in [1.82, 2.24) is 0 Å². The lowest BCUT2D eigenvalue weighted by atomic mass is 10.1. The van der Waals surface area contributed by atoms with Crippen LogP contribution in [0, 0.1) is 23.7 Å². The Morgan fingerprint density at radius 2 is 1.11 bits per heavy atom. The van der Waals surface area contributed by atoms with Gasteiger partial charge >= 0.3 is 11.9 Å². The highest BCUT2D eigenvalue weighted by Gasteiger charge is 2.18. The number of rotatable bonds is 5. The highest BCUT2D eigenvalue weighted by Crippen LogP contribution is 2.15. The first kappa shape index (κ1) is 38.2. The van der Waals surface area contributed by atoms with E-state index in [1.54, 1.807) is 7.11 Å². The Balaban J connectivity index is 1.77. The van der Waals surface area contributed by atoms with Crippen LogP contribution in [0.15, 0.2) is 24.3 Å². The van der Waals surface area contributed by atoms with Crippen molar-refractivity contribution in [2.24, 2.45) is 0 Å². The number of carbonyl (C=O) groups is 2. The van der Waals surface area contributed by atoms with Crippen LogP contribution in [0.3, 0.4) is 0 Å². The van der Waals surface area contributed by atoms with Gasteiger partial charge < -0.3 is 18.9 Å². The summed E-state index contributed by atoms with van der Waals surface area (Å²) >= 11 is 0.